The Kier molecular flexibility index (Phi) is 5.68. The minimum Gasteiger partial charge on any atom is -0.423 e. The minimum absolute atomic E-state index is 0.113. The molecular formula is C23H24N2O5S. The molecule has 3 aromatic rings. The molecule has 0 radical (unpaired) electrons. The third kappa shape index (κ3) is 4.55. The van der Waals surface area contributed by atoms with Crippen LogP contribution in [0.1, 0.15) is 30.6 Å². The third-order valence-corrected chi connectivity index (χ3v) is 7.27. The molecule has 1 aliphatic heterocycles. The van der Waals surface area contributed by atoms with Crippen molar-refractivity contribution in [3.8, 4) is 0 Å². The first kappa shape index (κ1) is 21.3. The molecule has 8 heteroatoms. The van der Waals surface area contributed by atoms with Gasteiger partial charge in [-0.2, -0.15) is 4.31 Å². The maximum absolute atomic E-state index is 13.1. The highest BCUT2D eigenvalue weighted by Gasteiger charge is 2.32. The number of hydrogen-bond donors (Lipinski definition) is 1. The number of piperidine rings is 1. The Labute approximate surface area is 180 Å². The van der Waals surface area contributed by atoms with Gasteiger partial charge in [0.1, 0.15) is 5.58 Å². The van der Waals surface area contributed by atoms with E-state index in [9.17, 15) is 18.0 Å². The van der Waals surface area contributed by atoms with Gasteiger partial charge in [0.2, 0.25) is 10.0 Å². The Morgan fingerprint density at radius 1 is 1.03 bits per heavy atom. The van der Waals surface area contributed by atoms with E-state index in [1.165, 1.54) is 22.5 Å². The van der Waals surface area contributed by atoms with Crippen molar-refractivity contribution in [3.05, 3.63) is 70.6 Å². The number of amides is 1. The summed E-state index contributed by atoms with van der Waals surface area (Å²) in [6.07, 6.45) is 1.00. The summed E-state index contributed by atoms with van der Waals surface area (Å²) in [6.45, 7) is 5.07. The fraction of sp³-hybridized carbons (Fsp3) is 0.304. The summed E-state index contributed by atoms with van der Waals surface area (Å²) in [4.78, 5) is 24.2. The molecule has 2 unspecified atom stereocenters. The maximum Gasteiger partial charge on any atom is 0.336 e. The number of rotatable bonds is 4. The summed E-state index contributed by atoms with van der Waals surface area (Å²) in [5.74, 6) is 0.166. The van der Waals surface area contributed by atoms with Crippen molar-refractivity contribution in [2.45, 2.75) is 25.2 Å². The average molecular weight is 441 g/mol. The molecule has 0 aliphatic carbocycles. The van der Waals surface area contributed by atoms with E-state index in [1.807, 2.05) is 0 Å². The van der Waals surface area contributed by atoms with Gasteiger partial charge >= 0.3 is 5.63 Å². The Morgan fingerprint density at radius 3 is 2.52 bits per heavy atom. The first-order valence-corrected chi connectivity index (χ1v) is 11.6. The number of hydrogen-bond acceptors (Lipinski definition) is 5. The van der Waals surface area contributed by atoms with Gasteiger partial charge < -0.3 is 9.73 Å². The van der Waals surface area contributed by atoms with Crippen molar-refractivity contribution in [1.82, 2.24) is 4.31 Å². The minimum atomic E-state index is -3.68. The lowest BCUT2D eigenvalue weighted by Crippen LogP contribution is -2.42. The zero-order valence-corrected chi connectivity index (χ0v) is 18.2. The molecule has 0 bridgehead atoms. The molecule has 1 aliphatic rings. The lowest BCUT2D eigenvalue weighted by Gasteiger charge is -2.34. The Morgan fingerprint density at radius 2 is 1.77 bits per heavy atom. The number of carbonyl (C=O) groups is 1. The number of nitrogens with one attached hydrogen (secondary N) is 1. The van der Waals surface area contributed by atoms with Crippen LogP contribution in [0, 0.1) is 11.8 Å². The highest BCUT2D eigenvalue weighted by molar-refractivity contribution is 7.89. The van der Waals surface area contributed by atoms with Crippen molar-refractivity contribution in [2.24, 2.45) is 11.8 Å². The number of nitrogens with zero attached hydrogens (tertiary/aromatic N) is 1. The fourth-order valence-electron chi connectivity index (χ4n) is 4.10. The molecule has 0 saturated carbocycles. The van der Waals surface area contributed by atoms with Gasteiger partial charge in [0.25, 0.3) is 5.91 Å². The maximum atomic E-state index is 13.1. The first-order valence-electron chi connectivity index (χ1n) is 10.2. The van der Waals surface area contributed by atoms with Gasteiger partial charge in [-0.05, 0) is 60.7 Å². The molecule has 1 fully saturated rings. The van der Waals surface area contributed by atoms with Gasteiger partial charge in [0, 0.05) is 35.8 Å². The Hall–Kier alpha value is -2.97. The van der Waals surface area contributed by atoms with Crippen molar-refractivity contribution < 1.29 is 17.6 Å². The summed E-state index contributed by atoms with van der Waals surface area (Å²) in [5.41, 5.74) is 0.737. The Balaban J connectivity index is 1.57. The van der Waals surface area contributed by atoms with Gasteiger partial charge in [0.15, 0.2) is 0 Å². The zero-order chi connectivity index (χ0) is 22.2. The van der Waals surface area contributed by atoms with Gasteiger partial charge in [0.05, 0.1) is 4.90 Å². The fourth-order valence-corrected chi connectivity index (χ4v) is 5.83. The van der Waals surface area contributed by atoms with Crippen molar-refractivity contribution >= 4 is 32.6 Å². The predicted molar refractivity (Wildman–Crippen MR) is 119 cm³/mol. The van der Waals surface area contributed by atoms with Crippen LogP contribution in [-0.2, 0) is 10.0 Å². The standard InChI is InChI=1S/C23H24N2O5S/c1-15-10-16(2)14-25(13-15)31(28,29)20-5-3-4-18(12-20)23(27)24-19-7-8-21-17(11-19)6-9-22(26)30-21/h3-9,11-12,15-16H,10,13-14H2,1-2H3,(H,24,27). The number of carbonyl (C=O) groups excluding carboxylic acids is 1. The number of anilines is 1. The molecular weight excluding hydrogens is 416 g/mol. The second-order valence-corrected chi connectivity index (χ2v) is 10.2. The van der Waals surface area contributed by atoms with Crippen LogP contribution in [0.25, 0.3) is 11.0 Å². The molecule has 7 nitrogen and oxygen atoms in total. The van der Waals surface area contributed by atoms with Crippen molar-refractivity contribution in [1.29, 1.82) is 0 Å². The zero-order valence-electron chi connectivity index (χ0n) is 17.4. The highest BCUT2D eigenvalue weighted by atomic mass is 32.2. The summed E-state index contributed by atoms with van der Waals surface area (Å²) in [5, 5.41) is 3.44. The molecule has 1 N–H and O–H groups in total. The highest BCUT2D eigenvalue weighted by Crippen LogP contribution is 2.27. The van der Waals surface area contributed by atoms with E-state index in [1.54, 1.807) is 36.4 Å². The SMILES string of the molecule is CC1CC(C)CN(S(=O)(=O)c2cccc(C(=O)Nc3ccc4oc(=O)ccc4c3)c2)C1. The molecule has 0 spiro atoms. The van der Waals surface area contributed by atoms with Gasteiger partial charge in [-0.3, -0.25) is 4.79 Å². The summed E-state index contributed by atoms with van der Waals surface area (Å²) in [6, 6.07) is 13.9. The lowest BCUT2D eigenvalue weighted by molar-refractivity contribution is 0.102. The summed E-state index contributed by atoms with van der Waals surface area (Å²) >= 11 is 0. The van der Waals surface area contributed by atoms with Crippen LogP contribution >= 0.6 is 0 Å². The van der Waals surface area contributed by atoms with E-state index in [0.29, 0.717) is 41.6 Å². The van der Waals surface area contributed by atoms with E-state index in [2.05, 4.69) is 19.2 Å². The van der Waals surface area contributed by atoms with E-state index in [0.717, 1.165) is 6.42 Å². The van der Waals surface area contributed by atoms with Crippen LogP contribution in [0.15, 0.2) is 68.7 Å². The normalized spacial score (nSPS) is 19.9. The monoisotopic (exact) mass is 440 g/mol. The molecule has 162 valence electrons. The molecule has 31 heavy (non-hydrogen) atoms. The number of benzene rings is 2. The Bertz CT molecular complexity index is 1290. The van der Waals surface area contributed by atoms with Crippen LogP contribution in [0.3, 0.4) is 0 Å². The molecule has 2 aromatic carbocycles. The predicted octanol–water partition coefficient (Wildman–Crippen LogP) is 3.71. The van der Waals surface area contributed by atoms with Crippen LogP contribution in [-0.4, -0.2) is 31.7 Å². The second kappa shape index (κ2) is 8.28. The molecule has 1 aromatic heterocycles. The molecule has 1 saturated heterocycles. The summed E-state index contributed by atoms with van der Waals surface area (Å²) in [7, 11) is -3.68. The van der Waals surface area contributed by atoms with Gasteiger partial charge in [-0.25, -0.2) is 13.2 Å². The largest absolute Gasteiger partial charge is 0.423 e. The lowest BCUT2D eigenvalue weighted by atomic mass is 9.94. The number of fused-ring (bicyclic) bond motifs is 1. The van der Waals surface area contributed by atoms with E-state index < -0.39 is 21.6 Å². The van der Waals surface area contributed by atoms with Crippen molar-refractivity contribution in [3.63, 3.8) is 0 Å². The van der Waals surface area contributed by atoms with Crippen LogP contribution in [0.4, 0.5) is 5.69 Å². The first-order chi connectivity index (χ1) is 14.7. The summed E-state index contributed by atoms with van der Waals surface area (Å²) < 4.78 is 32.9. The topological polar surface area (TPSA) is 96.7 Å². The van der Waals surface area contributed by atoms with E-state index in [-0.39, 0.29) is 10.5 Å². The third-order valence-electron chi connectivity index (χ3n) is 5.45. The van der Waals surface area contributed by atoms with Gasteiger partial charge in [-0.15, -0.1) is 0 Å². The molecule has 2 heterocycles. The van der Waals surface area contributed by atoms with Crippen LogP contribution < -0.4 is 10.9 Å². The van der Waals surface area contributed by atoms with Crippen LogP contribution in [0.5, 0.6) is 0 Å². The van der Waals surface area contributed by atoms with Crippen LogP contribution in [0.2, 0.25) is 0 Å². The smallest absolute Gasteiger partial charge is 0.336 e. The quantitative estimate of drug-likeness (QED) is 0.624. The molecule has 2 atom stereocenters. The van der Waals surface area contributed by atoms with Gasteiger partial charge in [-0.1, -0.05) is 19.9 Å². The van der Waals surface area contributed by atoms with E-state index >= 15 is 0 Å². The number of sulfonamides is 1. The van der Waals surface area contributed by atoms with E-state index in [4.69, 9.17) is 4.42 Å². The molecule has 4 rings (SSSR count). The second-order valence-electron chi connectivity index (χ2n) is 8.26. The van der Waals surface area contributed by atoms with Crippen molar-refractivity contribution in [2.75, 3.05) is 18.4 Å². The average Bonchev–Trinajstić information content (AvgIpc) is 2.73. The molecule has 1 amide bonds.